The summed E-state index contributed by atoms with van der Waals surface area (Å²) in [4.78, 5) is 47.3. The van der Waals surface area contributed by atoms with E-state index < -0.39 is 12.1 Å². The third-order valence-corrected chi connectivity index (χ3v) is 7.61. The highest BCUT2D eigenvalue weighted by atomic mass is 35.5. The van der Waals surface area contributed by atoms with E-state index in [2.05, 4.69) is 36.0 Å². The number of carbonyl (C=O) groups excluding carboxylic acids is 1. The third kappa shape index (κ3) is 6.46. The molecule has 0 radical (unpaired) electrons. The van der Waals surface area contributed by atoms with Gasteiger partial charge in [-0.2, -0.15) is 18.0 Å². The van der Waals surface area contributed by atoms with Crippen LogP contribution in [-0.4, -0.2) is 94.4 Å². The number of nitrogens with one attached hydrogen (secondary N) is 2. The van der Waals surface area contributed by atoms with Crippen LogP contribution in [0.5, 0.6) is 0 Å². The Labute approximate surface area is 269 Å². The summed E-state index contributed by atoms with van der Waals surface area (Å²) in [6.45, 7) is 5.50. The van der Waals surface area contributed by atoms with Crippen LogP contribution in [0.3, 0.4) is 0 Å². The molecule has 0 saturated carbocycles. The zero-order chi connectivity index (χ0) is 34.4. The Kier molecular flexibility index (Phi) is 8.92. The van der Waals surface area contributed by atoms with Crippen molar-refractivity contribution in [3.8, 4) is 11.5 Å². The fourth-order valence-electron chi connectivity index (χ4n) is 4.98. The van der Waals surface area contributed by atoms with E-state index in [4.69, 9.17) is 21.5 Å². The Balaban J connectivity index is 0.000000559. The number of carboxylic acid groups (broad SMARTS) is 1. The Bertz CT molecular complexity index is 2070. The van der Waals surface area contributed by atoms with Gasteiger partial charge in [0.2, 0.25) is 5.82 Å². The number of amides is 1. The lowest BCUT2D eigenvalue weighted by Crippen LogP contribution is -2.44. The number of aryl methyl sites for hydroxylation is 2. The first-order valence-corrected chi connectivity index (χ1v) is 14.4. The first kappa shape index (κ1) is 33.3. The molecule has 0 bridgehead atoms. The molecule has 1 saturated heterocycles. The number of imidazole rings is 1. The molecule has 1 unspecified atom stereocenters. The SMILES string of the molecule is Cc1cc(C(C)Nc2ccc(Cl)nc2-c2nnn(C3CNC3)n2)c2c(c1)c(=O)n(C)c1c(C(=O)N(C)C)ncn21.O=C(O)C(F)(F)F. The summed E-state index contributed by atoms with van der Waals surface area (Å²) in [5, 5.41) is 27.6. The van der Waals surface area contributed by atoms with Gasteiger partial charge >= 0.3 is 12.1 Å². The Morgan fingerprint density at radius 3 is 2.49 bits per heavy atom. The average Bonchev–Trinajstić information content (AvgIpc) is 3.63. The number of nitrogens with zero attached hydrogens (tertiary/aromatic N) is 9. The number of fused-ring (bicyclic) bond motifs is 3. The van der Waals surface area contributed by atoms with Crippen LogP contribution in [0.1, 0.15) is 40.6 Å². The van der Waals surface area contributed by atoms with Gasteiger partial charge in [-0.25, -0.2) is 14.8 Å². The van der Waals surface area contributed by atoms with Crippen LogP contribution in [0.25, 0.3) is 28.1 Å². The predicted octanol–water partition coefficient (Wildman–Crippen LogP) is 2.85. The summed E-state index contributed by atoms with van der Waals surface area (Å²) in [5.74, 6) is -2.68. The number of carbonyl (C=O) groups is 2. The molecule has 4 aromatic heterocycles. The van der Waals surface area contributed by atoms with Gasteiger partial charge in [-0.15, -0.1) is 10.2 Å². The van der Waals surface area contributed by atoms with Crippen LogP contribution in [0.15, 0.2) is 35.4 Å². The lowest BCUT2D eigenvalue weighted by atomic mass is 10.0. The zero-order valence-electron chi connectivity index (χ0n) is 25.7. The second-order valence-corrected chi connectivity index (χ2v) is 11.4. The molecule has 3 N–H and O–H groups in total. The van der Waals surface area contributed by atoms with Gasteiger partial charge in [0.1, 0.15) is 17.2 Å². The number of hydrogen-bond donors (Lipinski definition) is 3. The fourth-order valence-corrected chi connectivity index (χ4v) is 5.13. The van der Waals surface area contributed by atoms with Crippen molar-refractivity contribution in [3.05, 3.63) is 62.9 Å². The number of benzene rings is 1. The largest absolute Gasteiger partial charge is 0.490 e. The minimum absolute atomic E-state index is 0.152. The summed E-state index contributed by atoms with van der Waals surface area (Å²) in [6.07, 6.45) is -3.49. The molecule has 19 heteroatoms. The van der Waals surface area contributed by atoms with Crippen LogP contribution in [0.4, 0.5) is 18.9 Å². The maximum Gasteiger partial charge on any atom is 0.490 e. The van der Waals surface area contributed by atoms with E-state index >= 15 is 0 Å². The fraction of sp³-hybridized carbons (Fsp3) is 0.357. The second-order valence-electron chi connectivity index (χ2n) is 11.0. The standard InChI is InChI=1S/C26H28ClN11O2.C2HF3O2/c1-13-8-16(22-17(9-13)25(39)36(5)24-21(26(40)35(3)4)29-12-37(22)24)14(2)30-18-6-7-19(27)31-20(18)23-32-34-38(33-23)15-10-28-11-15;3-2(4,5)1(6)7/h6-9,12,14-15,28,30H,10-11H2,1-5H3;(H,6,7). The van der Waals surface area contributed by atoms with Crippen molar-refractivity contribution in [3.63, 3.8) is 0 Å². The molecular formula is C28H29ClF3N11O4. The smallest absolute Gasteiger partial charge is 0.475 e. The molecule has 1 aliphatic rings. The third-order valence-electron chi connectivity index (χ3n) is 7.40. The van der Waals surface area contributed by atoms with E-state index in [0.717, 1.165) is 24.2 Å². The Morgan fingerprint density at radius 1 is 1.21 bits per heavy atom. The van der Waals surface area contributed by atoms with Crippen molar-refractivity contribution in [1.82, 2.24) is 49.4 Å². The molecule has 0 spiro atoms. The highest BCUT2D eigenvalue weighted by molar-refractivity contribution is 6.29. The molecule has 248 valence electrons. The maximum atomic E-state index is 13.6. The number of tetrazole rings is 1. The number of aromatic nitrogens is 8. The quantitative estimate of drug-likeness (QED) is 0.226. The van der Waals surface area contributed by atoms with Crippen LogP contribution >= 0.6 is 11.6 Å². The van der Waals surface area contributed by atoms with Crippen molar-refractivity contribution < 1.29 is 27.9 Å². The minimum atomic E-state index is -5.08. The molecule has 5 heterocycles. The van der Waals surface area contributed by atoms with Crippen molar-refractivity contribution in [2.45, 2.75) is 32.1 Å². The summed E-state index contributed by atoms with van der Waals surface area (Å²) in [6, 6.07) is 7.24. The Morgan fingerprint density at radius 2 is 1.89 bits per heavy atom. The number of anilines is 1. The van der Waals surface area contributed by atoms with Gasteiger partial charge in [0.25, 0.3) is 11.5 Å². The van der Waals surface area contributed by atoms with E-state index in [0.29, 0.717) is 38.9 Å². The summed E-state index contributed by atoms with van der Waals surface area (Å²) < 4.78 is 35.0. The van der Waals surface area contributed by atoms with E-state index in [1.165, 1.54) is 9.47 Å². The molecule has 1 amide bonds. The number of carboxylic acids is 1. The lowest BCUT2D eigenvalue weighted by molar-refractivity contribution is -0.192. The van der Waals surface area contributed by atoms with Crippen LogP contribution in [-0.2, 0) is 11.8 Å². The second kappa shape index (κ2) is 12.6. The molecular weight excluding hydrogens is 647 g/mol. The van der Waals surface area contributed by atoms with Crippen molar-refractivity contribution in [2.75, 3.05) is 32.5 Å². The van der Waals surface area contributed by atoms with Gasteiger partial charge in [-0.05, 0) is 48.4 Å². The van der Waals surface area contributed by atoms with Gasteiger partial charge < -0.3 is 20.6 Å². The number of rotatable bonds is 6. The van der Waals surface area contributed by atoms with Crippen molar-refractivity contribution in [2.24, 2.45) is 7.05 Å². The summed E-state index contributed by atoms with van der Waals surface area (Å²) in [5.41, 5.74) is 3.98. The first-order valence-electron chi connectivity index (χ1n) is 14.0. The highest BCUT2D eigenvalue weighted by Crippen LogP contribution is 2.32. The molecule has 0 aliphatic carbocycles. The van der Waals surface area contributed by atoms with E-state index in [9.17, 15) is 22.8 Å². The van der Waals surface area contributed by atoms with Gasteiger partial charge in [-0.3, -0.25) is 18.6 Å². The minimum Gasteiger partial charge on any atom is -0.475 e. The van der Waals surface area contributed by atoms with Crippen LogP contribution < -0.4 is 16.2 Å². The maximum absolute atomic E-state index is 13.6. The molecule has 1 aromatic carbocycles. The van der Waals surface area contributed by atoms with Gasteiger partial charge in [0.15, 0.2) is 11.3 Å². The van der Waals surface area contributed by atoms with Gasteiger partial charge in [0, 0.05) is 34.2 Å². The number of aliphatic carboxylic acids is 1. The van der Waals surface area contributed by atoms with Gasteiger partial charge in [-0.1, -0.05) is 17.7 Å². The number of pyridine rings is 1. The van der Waals surface area contributed by atoms with E-state index in [1.807, 2.05) is 32.0 Å². The van der Waals surface area contributed by atoms with Gasteiger partial charge in [0.05, 0.1) is 28.7 Å². The van der Waals surface area contributed by atoms with Crippen molar-refractivity contribution >= 4 is 45.7 Å². The number of alkyl halides is 3. The van der Waals surface area contributed by atoms with Crippen molar-refractivity contribution in [1.29, 1.82) is 0 Å². The zero-order valence-corrected chi connectivity index (χ0v) is 26.4. The number of hydrogen-bond acceptors (Lipinski definition) is 10. The average molecular weight is 676 g/mol. The monoisotopic (exact) mass is 675 g/mol. The van der Waals surface area contributed by atoms with Crippen LogP contribution in [0, 0.1) is 6.92 Å². The summed E-state index contributed by atoms with van der Waals surface area (Å²) >= 11 is 6.26. The predicted molar refractivity (Wildman–Crippen MR) is 164 cm³/mol. The topological polar surface area (TPSA) is 177 Å². The van der Waals surface area contributed by atoms with E-state index in [1.54, 1.807) is 42.7 Å². The van der Waals surface area contributed by atoms with E-state index in [-0.39, 0.29) is 29.2 Å². The number of halogens is 4. The molecule has 15 nitrogen and oxygen atoms in total. The lowest BCUT2D eigenvalue weighted by Gasteiger charge is -2.24. The molecule has 6 rings (SSSR count). The van der Waals surface area contributed by atoms with Crippen LogP contribution in [0.2, 0.25) is 5.15 Å². The molecule has 47 heavy (non-hydrogen) atoms. The molecule has 1 atom stereocenters. The molecule has 1 fully saturated rings. The normalized spacial score (nSPS) is 14.0. The highest BCUT2D eigenvalue weighted by Gasteiger charge is 2.38. The molecule has 5 aromatic rings. The Hall–Kier alpha value is -5.10. The summed E-state index contributed by atoms with van der Waals surface area (Å²) in [7, 11) is 4.96. The molecule has 1 aliphatic heterocycles. The first-order chi connectivity index (χ1) is 22.1.